The summed E-state index contributed by atoms with van der Waals surface area (Å²) < 4.78 is 5.19. The number of hydrogen-bond donors (Lipinski definition) is 0. The van der Waals surface area contributed by atoms with Crippen LogP contribution in [0.3, 0.4) is 0 Å². The van der Waals surface area contributed by atoms with Crippen LogP contribution in [-0.2, 0) is 9.53 Å². The molecule has 1 atom stereocenters. The lowest BCUT2D eigenvalue weighted by molar-refractivity contribution is -0.117. The smallest absolute Gasteiger partial charge is 0.161 e. The molecule has 0 radical (unpaired) electrons. The van der Waals surface area contributed by atoms with Crippen molar-refractivity contribution in [2.75, 3.05) is 6.61 Å². The van der Waals surface area contributed by atoms with E-state index in [9.17, 15) is 4.79 Å². The minimum absolute atomic E-state index is 0.273. The van der Waals surface area contributed by atoms with E-state index < -0.39 is 0 Å². The molecule has 1 aliphatic carbocycles. The van der Waals surface area contributed by atoms with Gasteiger partial charge in [-0.3, -0.25) is 4.79 Å². The van der Waals surface area contributed by atoms with Crippen molar-refractivity contribution >= 4 is 5.78 Å². The van der Waals surface area contributed by atoms with Crippen molar-refractivity contribution < 1.29 is 9.53 Å². The molecule has 0 saturated heterocycles. The zero-order valence-electron chi connectivity index (χ0n) is 9.38. The number of ether oxygens (including phenoxy) is 1. The Morgan fingerprint density at radius 1 is 1.57 bits per heavy atom. The molecule has 0 bridgehead atoms. The van der Waals surface area contributed by atoms with Gasteiger partial charge in [-0.2, -0.15) is 0 Å². The van der Waals surface area contributed by atoms with Gasteiger partial charge in [0.1, 0.15) is 0 Å². The summed E-state index contributed by atoms with van der Waals surface area (Å²) in [7, 11) is 0. The van der Waals surface area contributed by atoms with Crippen LogP contribution in [0.5, 0.6) is 0 Å². The number of hydrogen-bond acceptors (Lipinski definition) is 2. The van der Waals surface area contributed by atoms with Gasteiger partial charge in [-0.1, -0.05) is 13.8 Å². The monoisotopic (exact) mass is 196 g/mol. The van der Waals surface area contributed by atoms with Gasteiger partial charge in [0, 0.05) is 12.0 Å². The third-order valence-corrected chi connectivity index (χ3v) is 2.92. The maximum atomic E-state index is 11.5. The summed E-state index contributed by atoms with van der Waals surface area (Å²) in [4.78, 5) is 11.5. The molecule has 2 heteroatoms. The number of rotatable bonds is 3. The van der Waals surface area contributed by atoms with Crippen LogP contribution in [0, 0.1) is 11.8 Å². The van der Waals surface area contributed by atoms with Crippen molar-refractivity contribution in [3.63, 3.8) is 0 Å². The van der Waals surface area contributed by atoms with E-state index in [-0.39, 0.29) is 5.78 Å². The molecule has 0 aromatic rings. The lowest BCUT2D eigenvalue weighted by Gasteiger charge is -2.26. The quantitative estimate of drug-likeness (QED) is 0.512. The molecular weight excluding hydrogens is 176 g/mol. The molecular formula is C12H20O2. The standard InChI is InChI=1S/C12H20O2/c1-4-14-8-11-7-10(9(2)3)5-6-12(11)13/h8-10H,4-7H2,1-3H3. The lowest BCUT2D eigenvalue weighted by Crippen LogP contribution is -2.21. The molecule has 0 amide bonds. The summed E-state index contributed by atoms with van der Waals surface area (Å²) in [5.74, 6) is 1.59. The third kappa shape index (κ3) is 2.86. The Balaban J connectivity index is 2.59. The normalized spacial score (nSPS) is 25.9. The Bertz CT molecular complexity index is 228. The first-order valence-electron chi connectivity index (χ1n) is 5.49. The number of carbonyl (C=O) groups is 1. The predicted molar refractivity (Wildman–Crippen MR) is 56.9 cm³/mol. The molecule has 0 aliphatic heterocycles. The molecule has 1 fully saturated rings. The van der Waals surface area contributed by atoms with Crippen molar-refractivity contribution in [2.45, 2.75) is 40.0 Å². The van der Waals surface area contributed by atoms with Gasteiger partial charge in [0.2, 0.25) is 0 Å². The van der Waals surface area contributed by atoms with Gasteiger partial charge < -0.3 is 4.74 Å². The average Bonchev–Trinajstić information content (AvgIpc) is 2.16. The summed E-state index contributed by atoms with van der Waals surface area (Å²) >= 11 is 0. The van der Waals surface area contributed by atoms with Gasteiger partial charge >= 0.3 is 0 Å². The topological polar surface area (TPSA) is 26.3 Å². The fraction of sp³-hybridized carbons (Fsp3) is 0.750. The van der Waals surface area contributed by atoms with Crippen LogP contribution in [0.2, 0.25) is 0 Å². The van der Waals surface area contributed by atoms with E-state index in [1.54, 1.807) is 6.26 Å². The van der Waals surface area contributed by atoms with Gasteiger partial charge in [0.15, 0.2) is 5.78 Å². The summed E-state index contributed by atoms with van der Waals surface area (Å²) in [5, 5.41) is 0. The van der Waals surface area contributed by atoms with E-state index in [2.05, 4.69) is 13.8 Å². The Hall–Kier alpha value is -0.790. The molecule has 80 valence electrons. The minimum Gasteiger partial charge on any atom is -0.501 e. The molecule has 1 rings (SSSR count). The molecule has 1 aliphatic rings. The molecule has 0 aromatic carbocycles. The maximum absolute atomic E-state index is 11.5. The van der Waals surface area contributed by atoms with E-state index in [1.165, 1.54) is 0 Å². The molecule has 0 aromatic heterocycles. The first kappa shape index (κ1) is 11.3. The van der Waals surface area contributed by atoms with Crippen LogP contribution in [0.15, 0.2) is 11.8 Å². The van der Waals surface area contributed by atoms with Gasteiger partial charge in [-0.15, -0.1) is 0 Å². The second kappa shape index (κ2) is 5.18. The summed E-state index contributed by atoms with van der Waals surface area (Å²) in [6, 6.07) is 0. The van der Waals surface area contributed by atoms with Crippen LogP contribution in [0.1, 0.15) is 40.0 Å². The second-order valence-electron chi connectivity index (χ2n) is 4.27. The Labute approximate surface area is 86.3 Å². The van der Waals surface area contributed by atoms with Crippen molar-refractivity contribution in [3.8, 4) is 0 Å². The van der Waals surface area contributed by atoms with Crippen LogP contribution < -0.4 is 0 Å². The average molecular weight is 196 g/mol. The van der Waals surface area contributed by atoms with Crippen molar-refractivity contribution in [3.05, 3.63) is 11.8 Å². The van der Waals surface area contributed by atoms with Gasteiger partial charge in [0.05, 0.1) is 12.9 Å². The Morgan fingerprint density at radius 3 is 2.86 bits per heavy atom. The van der Waals surface area contributed by atoms with Crippen molar-refractivity contribution in [1.82, 2.24) is 0 Å². The van der Waals surface area contributed by atoms with Gasteiger partial charge in [-0.05, 0) is 31.6 Å². The number of allylic oxidation sites excluding steroid dienone is 1. The van der Waals surface area contributed by atoms with Crippen molar-refractivity contribution in [1.29, 1.82) is 0 Å². The van der Waals surface area contributed by atoms with E-state index in [1.807, 2.05) is 6.92 Å². The molecule has 1 unspecified atom stereocenters. The van der Waals surface area contributed by atoms with E-state index in [4.69, 9.17) is 4.74 Å². The molecule has 1 saturated carbocycles. The van der Waals surface area contributed by atoms with Crippen LogP contribution in [-0.4, -0.2) is 12.4 Å². The molecule has 2 nitrogen and oxygen atoms in total. The number of Topliss-reactive ketones (excluding diaryl/α,β-unsaturated/α-hetero) is 1. The fourth-order valence-electron chi connectivity index (χ4n) is 1.84. The first-order chi connectivity index (χ1) is 6.65. The molecule has 0 heterocycles. The highest BCUT2D eigenvalue weighted by atomic mass is 16.5. The molecule has 14 heavy (non-hydrogen) atoms. The zero-order chi connectivity index (χ0) is 10.6. The van der Waals surface area contributed by atoms with Crippen LogP contribution in [0.4, 0.5) is 0 Å². The Kier molecular flexibility index (Phi) is 4.18. The molecule has 0 N–H and O–H groups in total. The van der Waals surface area contributed by atoms with Gasteiger partial charge in [0.25, 0.3) is 0 Å². The second-order valence-corrected chi connectivity index (χ2v) is 4.27. The summed E-state index contributed by atoms with van der Waals surface area (Å²) in [5.41, 5.74) is 0.886. The van der Waals surface area contributed by atoms with Crippen LogP contribution >= 0.6 is 0 Å². The number of carbonyl (C=O) groups excluding carboxylic acids is 1. The highest BCUT2D eigenvalue weighted by Crippen LogP contribution is 2.31. The van der Waals surface area contributed by atoms with Crippen molar-refractivity contribution in [2.24, 2.45) is 11.8 Å². The van der Waals surface area contributed by atoms with E-state index in [0.29, 0.717) is 24.9 Å². The predicted octanol–water partition coefficient (Wildman–Crippen LogP) is 2.93. The minimum atomic E-state index is 0.273. The molecule has 0 spiro atoms. The van der Waals surface area contributed by atoms with Crippen LogP contribution in [0.25, 0.3) is 0 Å². The third-order valence-electron chi connectivity index (χ3n) is 2.92. The first-order valence-corrected chi connectivity index (χ1v) is 5.49. The zero-order valence-corrected chi connectivity index (χ0v) is 9.38. The maximum Gasteiger partial charge on any atom is 0.161 e. The highest BCUT2D eigenvalue weighted by Gasteiger charge is 2.25. The van der Waals surface area contributed by atoms with E-state index in [0.717, 1.165) is 18.4 Å². The summed E-state index contributed by atoms with van der Waals surface area (Å²) in [6.45, 7) is 7.02. The van der Waals surface area contributed by atoms with Gasteiger partial charge in [-0.25, -0.2) is 0 Å². The Morgan fingerprint density at radius 2 is 2.29 bits per heavy atom. The lowest BCUT2D eigenvalue weighted by atomic mass is 9.79. The SMILES string of the molecule is CCOC=C1CC(C(C)C)CCC1=O. The summed E-state index contributed by atoms with van der Waals surface area (Å²) in [6.07, 6.45) is 4.30. The fourth-order valence-corrected chi connectivity index (χ4v) is 1.84. The number of ketones is 1. The highest BCUT2D eigenvalue weighted by molar-refractivity contribution is 5.95. The van der Waals surface area contributed by atoms with E-state index >= 15 is 0 Å². The largest absolute Gasteiger partial charge is 0.501 e.